The lowest BCUT2D eigenvalue weighted by Gasteiger charge is -2.15. The van der Waals surface area contributed by atoms with E-state index in [4.69, 9.17) is 5.84 Å². The normalized spacial score (nSPS) is 12.5. The highest BCUT2D eigenvalue weighted by Crippen LogP contribution is 2.23. The van der Waals surface area contributed by atoms with Crippen molar-refractivity contribution in [1.29, 1.82) is 0 Å². The van der Waals surface area contributed by atoms with Crippen LogP contribution in [0, 0.1) is 6.92 Å². The number of hydrogen-bond donors (Lipinski definition) is 2. The molecule has 0 aliphatic carbocycles. The summed E-state index contributed by atoms with van der Waals surface area (Å²) in [6, 6.07) is 9.95. The smallest absolute Gasteiger partial charge is 0.0897 e. The zero-order valence-corrected chi connectivity index (χ0v) is 11.1. The summed E-state index contributed by atoms with van der Waals surface area (Å²) >= 11 is 0. The van der Waals surface area contributed by atoms with Crippen molar-refractivity contribution in [2.24, 2.45) is 5.84 Å². The molecule has 0 spiro atoms. The van der Waals surface area contributed by atoms with Crippen LogP contribution in [0.1, 0.15) is 23.0 Å². The van der Waals surface area contributed by atoms with Crippen molar-refractivity contribution >= 4 is 10.9 Å². The van der Waals surface area contributed by atoms with Crippen LogP contribution in [0.4, 0.5) is 0 Å². The molecule has 1 aromatic carbocycles. The first-order valence-electron chi connectivity index (χ1n) is 6.37. The molecular weight excluding hydrogens is 250 g/mol. The average molecular weight is 265 g/mol. The Balaban J connectivity index is 2.06. The zero-order valence-electron chi connectivity index (χ0n) is 11.1. The van der Waals surface area contributed by atoms with Gasteiger partial charge in [-0.15, -0.1) is 0 Å². The molecule has 1 unspecified atom stereocenters. The summed E-state index contributed by atoms with van der Waals surface area (Å²) in [6.45, 7) is 1.98. The van der Waals surface area contributed by atoms with Crippen LogP contribution in [0.2, 0.25) is 0 Å². The zero-order chi connectivity index (χ0) is 13.9. The van der Waals surface area contributed by atoms with Gasteiger partial charge in [0.1, 0.15) is 0 Å². The maximum absolute atomic E-state index is 5.67. The van der Waals surface area contributed by atoms with Gasteiger partial charge in [-0.05, 0) is 30.7 Å². The maximum atomic E-state index is 5.67. The van der Waals surface area contributed by atoms with Gasteiger partial charge in [0.25, 0.3) is 0 Å². The van der Waals surface area contributed by atoms with Crippen LogP contribution in [0.15, 0.2) is 48.9 Å². The first-order chi connectivity index (χ1) is 9.78. The van der Waals surface area contributed by atoms with Gasteiger partial charge in [-0.1, -0.05) is 12.1 Å². The van der Waals surface area contributed by atoms with E-state index in [1.165, 1.54) is 0 Å². The molecule has 3 rings (SSSR count). The van der Waals surface area contributed by atoms with Gasteiger partial charge in [-0.25, -0.2) is 5.43 Å². The van der Waals surface area contributed by atoms with Crippen molar-refractivity contribution in [2.45, 2.75) is 13.0 Å². The number of hydrazine groups is 1. The number of nitrogens with two attached hydrogens (primary N) is 1. The van der Waals surface area contributed by atoms with Crippen molar-refractivity contribution in [2.75, 3.05) is 0 Å². The second kappa shape index (κ2) is 5.32. The van der Waals surface area contributed by atoms with Crippen LogP contribution in [0.5, 0.6) is 0 Å². The second-order valence-corrected chi connectivity index (χ2v) is 4.63. The van der Waals surface area contributed by atoms with E-state index >= 15 is 0 Å². The molecule has 0 fully saturated rings. The van der Waals surface area contributed by atoms with Crippen LogP contribution in [-0.2, 0) is 0 Å². The van der Waals surface area contributed by atoms with Crippen molar-refractivity contribution in [3.8, 4) is 0 Å². The molecule has 0 aliphatic heterocycles. The van der Waals surface area contributed by atoms with Crippen LogP contribution in [0.25, 0.3) is 10.9 Å². The molecule has 5 heteroatoms. The summed E-state index contributed by atoms with van der Waals surface area (Å²) in [7, 11) is 0. The van der Waals surface area contributed by atoms with E-state index in [9.17, 15) is 0 Å². The van der Waals surface area contributed by atoms with Gasteiger partial charge >= 0.3 is 0 Å². The lowest BCUT2D eigenvalue weighted by atomic mass is 10.0. The molecule has 1 atom stereocenters. The number of nitrogens with zero attached hydrogens (tertiary/aromatic N) is 3. The van der Waals surface area contributed by atoms with E-state index in [1.807, 2.05) is 25.1 Å². The van der Waals surface area contributed by atoms with Crippen LogP contribution < -0.4 is 11.3 Å². The van der Waals surface area contributed by atoms with E-state index in [1.54, 1.807) is 18.6 Å². The molecule has 0 bridgehead atoms. The fourth-order valence-corrected chi connectivity index (χ4v) is 2.24. The first kappa shape index (κ1) is 12.7. The fourth-order valence-electron chi connectivity index (χ4n) is 2.24. The highest BCUT2D eigenvalue weighted by molar-refractivity contribution is 5.79. The summed E-state index contributed by atoms with van der Waals surface area (Å²) in [5.74, 6) is 5.67. The van der Waals surface area contributed by atoms with E-state index in [0.29, 0.717) is 0 Å². The third-order valence-corrected chi connectivity index (χ3v) is 3.23. The van der Waals surface area contributed by atoms with Gasteiger partial charge in [-0.2, -0.15) is 0 Å². The molecule has 3 aromatic rings. The number of pyridine rings is 1. The van der Waals surface area contributed by atoms with Gasteiger partial charge in [0.15, 0.2) is 0 Å². The SMILES string of the molecule is Cc1ccc2cc(C(NN)c3cnccn3)ccc2n1. The topological polar surface area (TPSA) is 76.7 Å². The minimum absolute atomic E-state index is 0.186. The molecule has 5 nitrogen and oxygen atoms in total. The third-order valence-electron chi connectivity index (χ3n) is 3.23. The van der Waals surface area contributed by atoms with E-state index in [-0.39, 0.29) is 6.04 Å². The lowest BCUT2D eigenvalue weighted by Crippen LogP contribution is -2.29. The van der Waals surface area contributed by atoms with Crippen molar-refractivity contribution < 1.29 is 0 Å². The van der Waals surface area contributed by atoms with Gasteiger partial charge in [-0.3, -0.25) is 20.8 Å². The number of fused-ring (bicyclic) bond motifs is 1. The molecule has 100 valence electrons. The Morgan fingerprint density at radius 3 is 2.80 bits per heavy atom. The summed E-state index contributed by atoms with van der Waals surface area (Å²) in [4.78, 5) is 12.9. The minimum Gasteiger partial charge on any atom is -0.271 e. The standard InChI is InChI=1S/C15H15N5/c1-10-2-3-11-8-12(4-5-13(11)19-10)15(20-16)14-9-17-6-7-18-14/h2-9,15,20H,16H2,1H3. The largest absolute Gasteiger partial charge is 0.271 e. The van der Waals surface area contributed by atoms with Crippen molar-refractivity contribution in [1.82, 2.24) is 20.4 Å². The second-order valence-electron chi connectivity index (χ2n) is 4.63. The number of rotatable bonds is 3. The molecule has 0 amide bonds. The Morgan fingerprint density at radius 1 is 1.15 bits per heavy atom. The summed E-state index contributed by atoms with van der Waals surface area (Å²) < 4.78 is 0. The van der Waals surface area contributed by atoms with Gasteiger partial charge in [0, 0.05) is 23.5 Å². The quantitative estimate of drug-likeness (QED) is 0.558. The Labute approximate surface area is 116 Å². The van der Waals surface area contributed by atoms with Crippen LogP contribution in [-0.4, -0.2) is 15.0 Å². The molecule has 2 aromatic heterocycles. The number of benzene rings is 1. The van der Waals surface area contributed by atoms with Crippen molar-refractivity contribution in [3.05, 3.63) is 65.9 Å². The van der Waals surface area contributed by atoms with Gasteiger partial charge in [0.2, 0.25) is 0 Å². The monoisotopic (exact) mass is 265 g/mol. The van der Waals surface area contributed by atoms with E-state index in [0.717, 1.165) is 27.9 Å². The van der Waals surface area contributed by atoms with E-state index in [2.05, 4.69) is 32.5 Å². The van der Waals surface area contributed by atoms with Crippen LogP contribution >= 0.6 is 0 Å². The molecule has 3 N–H and O–H groups in total. The highest BCUT2D eigenvalue weighted by atomic mass is 15.2. The predicted molar refractivity (Wildman–Crippen MR) is 77.7 cm³/mol. The lowest BCUT2D eigenvalue weighted by molar-refractivity contribution is 0.618. The Hall–Kier alpha value is -2.37. The van der Waals surface area contributed by atoms with Crippen molar-refractivity contribution in [3.63, 3.8) is 0 Å². The van der Waals surface area contributed by atoms with Gasteiger partial charge < -0.3 is 0 Å². The number of nitrogens with one attached hydrogen (secondary N) is 1. The molecule has 0 saturated carbocycles. The number of hydrogen-bond acceptors (Lipinski definition) is 5. The first-order valence-corrected chi connectivity index (χ1v) is 6.37. The van der Waals surface area contributed by atoms with E-state index < -0.39 is 0 Å². The molecule has 20 heavy (non-hydrogen) atoms. The Morgan fingerprint density at radius 2 is 2.05 bits per heavy atom. The number of aryl methyl sites for hydroxylation is 1. The third kappa shape index (κ3) is 2.36. The number of aromatic nitrogens is 3. The van der Waals surface area contributed by atoms with Crippen LogP contribution in [0.3, 0.4) is 0 Å². The Kier molecular flexibility index (Phi) is 3.37. The summed E-state index contributed by atoms with van der Waals surface area (Å²) in [5.41, 5.74) is 6.59. The minimum atomic E-state index is -0.186. The molecule has 0 radical (unpaired) electrons. The van der Waals surface area contributed by atoms with Gasteiger partial charge in [0.05, 0.1) is 23.4 Å². The highest BCUT2D eigenvalue weighted by Gasteiger charge is 2.14. The summed E-state index contributed by atoms with van der Waals surface area (Å²) in [6.07, 6.45) is 5.01. The molecule has 0 aliphatic rings. The fraction of sp³-hybridized carbons (Fsp3) is 0.133. The molecular formula is C15H15N5. The summed E-state index contributed by atoms with van der Waals surface area (Å²) in [5, 5.41) is 1.08. The average Bonchev–Trinajstić information content (AvgIpc) is 2.49. The predicted octanol–water partition coefficient (Wildman–Crippen LogP) is 1.89. The molecule has 0 saturated heterocycles. The molecule has 2 heterocycles. The maximum Gasteiger partial charge on any atom is 0.0897 e. The Bertz CT molecular complexity index is 727.